The van der Waals surface area contributed by atoms with Gasteiger partial charge in [0.15, 0.2) is 16.9 Å². The van der Waals surface area contributed by atoms with E-state index in [4.69, 9.17) is 8.83 Å². The largest absolute Gasteiger partial charge is 0.456 e. The number of hydrogen-bond acceptors (Lipinski definition) is 4. The van der Waals surface area contributed by atoms with Crippen LogP contribution in [0.5, 0.6) is 0 Å². The number of benzene rings is 9. The lowest BCUT2D eigenvalue weighted by Gasteiger charge is -2.46. The number of anilines is 3. The van der Waals surface area contributed by atoms with Crippen LogP contribution < -0.4 is 41.2 Å². The third-order valence-electron chi connectivity index (χ3n) is 12.6. The van der Waals surface area contributed by atoms with Gasteiger partial charge in [0.05, 0.1) is 0 Å². The van der Waals surface area contributed by atoms with Crippen LogP contribution in [0.25, 0.3) is 43.9 Å². The summed E-state index contributed by atoms with van der Waals surface area (Å²) < 4.78 is 13.1. The fourth-order valence-corrected chi connectivity index (χ4v) is 21.8. The van der Waals surface area contributed by atoms with E-state index in [1.165, 1.54) is 46.1 Å². The Bertz CT molecular complexity index is 3360. The molecule has 4 heterocycles. The second kappa shape index (κ2) is 13.1. The van der Waals surface area contributed by atoms with E-state index in [1.807, 2.05) is 23.9 Å². The molecule has 2 aromatic heterocycles. The minimum Gasteiger partial charge on any atom is -0.456 e. The molecule has 0 unspecified atom stereocenters. The third-order valence-corrected chi connectivity index (χ3v) is 22.5. The van der Waals surface area contributed by atoms with Gasteiger partial charge < -0.3 is 13.7 Å². The molecule has 11 aromatic rings. The highest BCUT2D eigenvalue weighted by atomic mass is 32.2. The van der Waals surface area contributed by atoms with Crippen LogP contribution in [0.15, 0.2) is 225 Å². The first-order chi connectivity index (χ1) is 29.7. The quantitative estimate of drug-likeness (QED) is 0.166. The van der Waals surface area contributed by atoms with Crippen molar-refractivity contribution in [3.05, 3.63) is 206 Å². The monoisotopic (exact) mass is 816 g/mol. The lowest BCUT2D eigenvalue weighted by atomic mass is 10.1. The van der Waals surface area contributed by atoms with Crippen molar-refractivity contribution in [2.75, 3.05) is 4.90 Å². The molecule has 0 saturated heterocycles. The van der Waals surface area contributed by atoms with Crippen molar-refractivity contribution in [2.45, 2.75) is 9.79 Å². The molecule has 0 fully saturated rings. The van der Waals surface area contributed by atoms with E-state index in [1.54, 1.807) is 0 Å². The fraction of sp³-hybridized carbons (Fsp3) is 0. The predicted molar refractivity (Wildman–Crippen MR) is 255 cm³/mol. The van der Waals surface area contributed by atoms with Crippen LogP contribution in [-0.4, -0.2) is 16.9 Å². The summed E-state index contributed by atoms with van der Waals surface area (Å²) >= 11 is 1.92. The zero-order valence-corrected chi connectivity index (χ0v) is 35.1. The molecule has 0 atom stereocenters. The maximum absolute atomic E-state index is 6.53. The molecule has 13 rings (SSSR count). The van der Waals surface area contributed by atoms with Crippen molar-refractivity contribution >= 4 is 126 Å². The molecule has 2 aliphatic rings. The summed E-state index contributed by atoms with van der Waals surface area (Å²) in [6.07, 6.45) is 0. The van der Waals surface area contributed by atoms with Crippen LogP contribution in [0, 0.1) is 0 Å². The van der Waals surface area contributed by atoms with Gasteiger partial charge in [0, 0.05) is 60.5 Å². The molecule has 9 aromatic carbocycles. The van der Waals surface area contributed by atoms with E-state index < -0.39 is 16.9 Å². The molecule has 0 amide bonds. The van der Waals surface area contributed by atoms with Crippen LogP contribution in [0.2, 0.25) is 0 Å². The van der Waals surface area contributed by atoms with Crippen molar-refractivity contribution < 1.29 is 8.83 Å². The molecule has 0 saturated carbocycles. The van der Waals surface area contributed by atoms with E-state index in [0.29, 0.717) is 0 Å². The normalized spacial score (nSPS) is 14.0. The van der Waals surface area contributed by atoms with Gasteiger partial charge in [-0.2, -0.15) is 0 Å². The predicted octanol–water partition coefficient (Wildman–Crippen LogP) is 9.63. The van der Waals surface area contributed by atoms with Crippen molar-refractivity contribution in [1.82, 2.24) is 0 Å². The van der Waals surface area contributed by atoms with E-state index in [-0.39, 0.29) is 0 Å². The summed E-state index contributed by atoms with van der Waals surface area (Å²) in [7, 11) is -4.27. The number of fused-ring (bicyclic) bond motifs is 14. The van der Waals surface area contributed by atoms with E-state index in [9.17, 15) is 0 Å². The van der Waals surface area contributed by atoms with E-state index in [0.717, 1.165) is 60.9 Å². The van der Waals surface area contributed by atoms with Gasteiger partial charge in [-0.15, -0.1) is 0 Å². The second-order valence-electron chi connectivity index (χ2n) is 15.8. The molecule has 1 radical (unpaired) electrons. The molecule has 60 heavy (non-hydrogen) atoms. The molecule has 0 aliphatic carbocycles. The minimum atomic E-state index is -2.80. The molecule has 6 heteroatoms. The Kier molecular flexibility index (Phi) is 7.43. The summed E-state index contributed by atoms with van der Waals surface area (Å²) in [5, 5.41) is 14.8. The Balaban J connectivity index is 1.11. The summed E-state index contributed by atoms with van der Waals surface area (Å²) in [5.41, 5.74) is 6.67. The van der Waals surface area contributed by atoms with Gasteiger partial charge in [-0.05, 0) is 86.6 Å². The molecule has 0 bridgehead atoms. The number of furan rings is 2. The van der Waals surface area contributed by atoms with Crippen LogP contribution in [-0.2, 0) is 0 Å². The first-order valence-electron chi connectivity index (χ1n) is 20.4. The second-order valence-corrected chi connectivity index (χ2v) is 22.9. The van der Waals surface area contributed by atoms with Gasteiger partial charge in [0.25, 0.3) is 0 Å². The van der Waals surface area contributed by atoms with Gasteiger partial charge in [-0.3, -0.25) is 0 Å². The lowest BCUT2D eigenvalue weighted by molar-refractivity contribution is 0.669. The molecular weight excluding hydrogens is 783 g/mol. The van der Waals surface area contributed by atoms with E-state index >= 15 is 0 Å². The lowest BCUT2D eigenvalue weighted by Crippen LogP contribution is -2.87. The summed E-state index contributed by atoms with van der Waals surface area (Å²) in [5.74, 6) is 0. The highest BCUT2D eigenvalue weighted by molar-refractivity contribution is 8.00. The summed E-state index contributed by atoms with van der Waals surface area (Å²) in [4.78, 5) is 5.13. The zero-order valence-electron chi connectivity index (χ0n) is 32.3. The Labute approximate surface area is 353 Å². The van der Waals surface area contributed by atoms with Crippen LogP contribution in [0.3, 0.4) is 0 Å². The van der Waals surface area contributed by atoms with Crippen LogP contribution in [0.1, 0.15) is 0 Å². The number of para-hydroxylation sites is 2. The van der Waals surface area contributed by atoms with Crippen molar-refractivity contribution in [3.63, 3.8) is 0 Å². The maximum Gasteiger partial charge on any atom is 0.181 e. The Morgan fingerprint density at radius 3 is 1.47 bits per heavy atom. The Hall–Kier alpha value is -6.84. The fourth-order valence-electron chi connectivity index (χ4n) is 10.2. The molecule has 0 N–H and O–H groups in total. The van der Waals surface area contributed by atoms with Crippen LogP contribution in [0.4, 0.5) is 17.1 Å². The van der Waals surface area contributed by atoms with Crippen LogP contribution >= 0.6 is 11.8 Å². The Morgan fingerprint density at radius 1 is 0.367 bits per heavy atom. The number of nitrogens with zero attached hydrogens (tertiary/aromatic N) is 1. The van der Waals surface area contributed by atoms with Gasteiger partial charge in [0.2, 0.25) is 0 Å². The van der Waals surface area contributed by atoms with Crippen molar-refractivity contribution in [3.8, 4) is 0 Å². The number of rotatable bonds is 4. The van der Waals surface area contributed by atoms with E-state index in [2.05, 4.69) is 199 Å². The average molecular weight is 817 g/mol. The highest BCUT2D eigenvalue weighted by Gasteiger charge is 2.53. The van der Waals surface area contributed by atoms with Gasteiger partial charge in [-0.1, -0.05) is 156 Å². The smallest absolute Gasteiger partial charge is 0.181 e. The first-order valence-corrected chi connectivity index (χ1v) is 24.7. The number of hydrogen-bond donors (Lipinski definition) is 0. The molecule has 3 nitrogen and oxygen atoms in total. The average Bonchev–Trinajstić information content (AvgIpc) is 3.87. The zero-order chi connectivity index (χ0) is 39.4. The molecular formula is C54H34NO2SSi2. The highest BCUT2D eigenvalue weighted by Crippen LogP contribution is 2.41. The standard InChI is InChI=1S/C54H34NO2SSi2/c1-2-14-38(15-3-1)59-49-22-10-13-25-53(49)60(51-23-11-8-20-47(51)58-48-21-9-12-24-52(48)60)54-31-28-37(34-50(54)59)55(35-26-29-41-39-16-4-6-18-43(39)56-45(41)32-35)36-27-30-42-40-17-5-7-19-44(40)57-46(42)33-36/h1-34H. The molecule has 2 aliphatic heterocycles. The maximum atomic E-state index is 6.53. The van der Waals surface area contributed by atoms with Gasteiger partial charge in [0.1, 0.15) is 22.3 Å². The molecule has 1 spiro atoms. The van der Waals surface area contributed by atoms with Gasteiger partial charge in [-0.25, -0.2) is 0 Å². The molecule has 281 valence electrons. The van der Waals surface area contributed by atoms with Crippen molar-refractivity contribution in [2.24, 2.45) is 0 Å². The SMILES string of the molecule is c1ccc([Si]2c3ccccc3[Si]3(c4ccccc4Sc4ccccc43)c3ccc(N(c4ccc5c(c4)oc4ccccc45)c4ccc5c(c4)oc4ccccc45)cc32)cc1. The topological polar surface area (TPSA) is 29.5 Å². The summed E-state index contributed by atoms with van der Waals surface area (Å²) in [6.45, 7) is 0. The van der Waals surface area contributed by atoms with Crippen molar-refractivity contribution in [1.29, 1.82) is 0 Å². The summed E-state index contributed by atoms with van der Waals surface area (Å²) in [6, 6.07) is 76.5. The van der Waals surface area contributed by atoms with Gasteiger partial charge >= 0.3 is 0 Å². The Morgan fingerprint density at radius 2 is 0.833 bits per heavy atom. The third kappa shape index (κ3) is 4.84. The first kappa shape index (κ1) is 34.1. The minimum absolute atomic E-state index is 0.865.